The molecule has 2 aromatic carbocycles. The molecule has 21 heavy (non-hydrogen) atoms. The number of non-ortho nitro benzene ring substituents is 1. The second-order valence-corrected chi connectivity index (χ2v) is 5.76. The van der Waals surface area contributed by atoms with Crippen LogP contribution in [0.5, 0.6) is 0 Å². The van der Waals surface area contributed by atoms with E-state index in [1.807, 2.05) is 0 Å². The van der Waals surface area contributed by atoms with Crippen LogP contribution in [-0.4, -0.2) is 13.3 Å². The van der Waals surface area contributed by atoms with Gasteiger partial charge >= 0.3 is 0 Å². The fourth-order valence-corrected chi connectivity index (χ4v) is 2.40. The minimum Gasteiger partial charge on any atom is -0.399 e. The number of nitro benzene ring substituents is 1. The molecule has 0 bridgehead atoms. The Morgan fingerprint density at radius 3 is 2.24 bits per heavy atom. The highest BCUT2D eigenvalue weighted by atomic mass is 32.2. The first kappa shape index (κ1) is 14.8. The van der Waals surface area contributed by atoms with Crippen LogP contribution in [0.15, 0.2) is 47.4 Å². The third-order valence-electron chi connectivity index (χ3n) is 2.67. The molecule has 0 fully saturated rings. The third kappa shape index (κ3) is 3.46. The molecule has 5 N–H and O–H groups in total. The van der Waals surface area contributed by atoms with Crippen molar-refractivity contribution in [2.75, 3.05) is 11.1 Å². The van der Waals surface area contributed by atoms with E-state index < -0.39 is 14.9 Å². The largest absolute Gasteiger partial charge is 0.399 e. The Kier molecular flexibility index (Phi) is 3.78. The molecule has 0 aliphatic heterocycles. The molecule has 0 saturated carbocycles. The first-order valence-electron chi connectivity index (χ1n) is 5.71. The third-order valence-corrected chi connectivity index (χ3v) is 3.62. The lowest BCUT2D eigenvalue weighted by Gasteiger charge is -2.10. The average molecular weight is 308 g/mol. The fraction of sp³-hybridized carbons (Fsp3) is 0. The first-order chi connectivity index (χ1) is 9.77. The number of hydrogen-bond acceptors (Lipinski definition) is 6. The van der Waals surface area contributed by atoms with Gasteiger partial charge in [-0.1, -0.05) is 0 Å². The highest BCUT2D eigenvalue weighted by Gasteiger charge is 2.19. The summed E-state index contributed by atoms with van der Waals surface area (Å²) in [6.07, 6.45) is 0. The molecule has 2 rings (SSSR count). The van der Waals surface area contributed by atoms with Crippen LogP contribution in [0.2, 0.25) is 0 Å². The van der Waals surface area contributed by atoms with E-state index in [-0.39, 0.29) is 16.3 Å². The van der Waals surface area contributed by atoms with Gasteiger partial charge in [0, 0.05) is 23.5 Å². The van der Waals surface area contributed by atoms with E-state index in [9.17, 15) is 18.5 Å². The van der Waals surface area contributed by atoms with Gasteiger partial charge in [-0.15, -0.1) is 0 Å². The molecular formula is C12H12N4O4S. The summed E-state index contributed by atoms with van der Waals surface area (Å²) in [5, 5.41) is 18.7. The Hall–Kier alpha value is -2.65. The minimum atomic E-state index is -4.11. The highest BCUT2D eigenvalue weighted by molar-refractivity contribution is 7.89. The zero-order chi connectivity index (χ0) is 15.6. The Morgan fingerprint density at radius 2 is 1.71 bits per heavy atom. The SMILES string of the molecule is Nc1ccc(Nc2ccc([N+](=O)[O-])cc2S(N)(=O)=O)cc1. The number of benzene rings is 2. The Bertz CT molecular complexity index is 787. The number of hydrogen-bond donors (Lipinski definition) is 3. The zero-order valence-corrected chi connectivity index (χ0v) is 11.5. The lowest BCUT2D eigenvalue weighted by molar-refractivity contribution is -0.385. The maximum atomic E-state index is 11.6. The number of primary sulfonamides is 1. The maximum Gasteiger partial charge on any atom is 0.270 e. The number of rotatable bonds is 4. The molecular weight excluding hydrogens is 296 g/mol. The molecule has 0 unspecified atom stereocenters. The molecule has 0 amide bonds. The van der Waals surface area contributed by atoms with Gasteiger partial charge in [0.1, 0.15) is 4.90 Å². The Labute approximate surface area is 120 Å². The number of sulfonamides is 1. The lowest BCUT2D eigenvalue weighted by Crippen LogP contribution is -2.14. The van der Waals surface area contributed by atoms with Crippen LogP contribution in [0.1, 0.15) is 0 Å². The van der Waals surface area contributed by atoms with E-state index in [0.29, 0.717) is 11.4 Å². The standard InChI is InChI=1S/C12H12N4O4S/c13-8-1-3-9(4-2-8)15-11-6-5-10(16(17)18)7-12(11)21(14,19)20/h1-7,15H,13H2,(H2,14,19,20). The molecule has 0 atom stereocenters. The molecule has 0 heterocycles. The number of nitrogens with one attached hydrogen (secondary N) is 1. The average Bonchev–Trinajstić information content (AvgIpc) is 2.40. The molecule has 9 heteroatoms. The van der Waals surface area contributed by atoms with Gasteiger partial charge in [0.2, 0.25) is 10.0 Å². The van der Waals surface area contributed by atoms with E-state index in [2.05, 4.69) is 5.32 Å². The van der Waals surface area contributed by atoms with Crippen molar-refractivity contribution >= 4 is 32.8 Å². The second kappa shape index (κ2) is 5.38. The van der Waals surface area contributed by atoms with Crippen LogP contribution in [0.4, 0.5) is 22.7 Å². The summed E-state index contributed by atoms with van der Waals surface area (Å²) < 4.78 is 23.1. The molecule has 0 aromatic heterocycles. The first-order valence-corrected chi connectivity index (χ1v) is 7.26. The normalized spacial score (nSPS) is 11.1. The number of anilines is 3. The van der Waals surface area contributed by atoms with Gasteiger partial charge in [0.15, 0.2) is 0 Å². The summed E-state index contributed by atoms with van der Waals surface area (Å²) in [5.74, 6) is 0. The quantitative estimate of drug-likeness (QED) is 0.444. The van der Waals surface area contributed by atoms with Crippen LogP contribution >= 0.6 is 0 Å². The number of nitro groups is 1. The van der Waals surface area contributed by atoms with E-state index >= 15 is 0 Å². The van der Waals surface area contributed by atoms with Crippen molar-refractivity contribution in [2.24, 2.45) is 5.14 Å². The minimum absolute atomic E-state index is 0.146. The molecule has 0 spiro atoms. The molecule has 0 aliphatic rings. The van der Waals surface area contributed by atoms with E-state index in [1.54, 1.807) is 24.3 Å². The van der Waals surface area contributed by atoms with Gasteiger partial charge in [0.05, 0.1) is 10.6 Å². The van der Waals surface area contributed by atoms with Crippen LogP contribution in [-0.2, 0) is 10.0 Å². The summed E-state index contributed by atoms with van der Waals surface area (Å²) in [7, 11) is -4.11. The van der Waals surface area contributed by atoms with Crippen molar-refractivity contribution in [3.8, 4) is 0 Å². The number of nitrogens with zero attached hydrogens (tertiary/aromatic N) is 1. The van der Waals surface area contributed by atoms with Crippen molar-refractivity contribution in [1.29, 1.82) is 0 Å². The smallest absolute Gasteiger partial charge is 0.270 e. The topological polar surface area (TPSA) is 141 Å². The summed E-state index contributed by atoms with van der Waals surface area (Å²) in [6.45, 7) is 0. The van der Waals surface area contributed by atoms with Crippen LogP contribution < -0.4 is 16.2 Å². The number of nitrogens with two attached hydrogens (primary N) is 2. The summed E-state index contributed by atoms with van der Waals surface area (Å²) in [5.41, 5.74) is 6.46. The Balaban J connectivity index is 2.48. The van der Waals surface area contributed by atoms with Gasteiger partial charge < -0.3 is 11.1 Å². The van der Waals surface area contributed by atoms with Gasteiger partial charge in [0.25, 0.3) is 5.69 Å². The zero-order valence-electron chi connectivity index (χ0n) is 10.7. The molecule has 0 aliphatic carbocycles. The fourth-order valence-electron chi connectivity index (χ4n) is 1.69. The molecule has 8 nitrogen and oxygen atoms in total. The van der Waals surface area contributed by atoms with Crippen LogP contribution in [0.3, 0.4) is 0 Å². The van der Waals surface area contributed by atoms with Crippen LogP contribution in [0, 0.1) is 10.1 Å². The van der Waals surface area contributed by atoms with Crippen molar-refractivity contribution in [1.82, 2.24) is 0 Å². The van der Waals surface area contributed by atoms with Crippen molar-refractivity contribution < 1.29 is 13.3 Å². The summed E-state index contributed by atoms with van der Waals surface area (Å²) in [4.78, 5) is 9.68. The lowest BCUT2D eigenvalue weighted by atomic mass is 10.2. The maximum absolute atomic E-state index is 11.6. The molecule has 0 saturated heterocycles. The predicted octanol–water partition coefficient (Wildman–Crippen LogP) is 1.57. The van der Waals surface area contributed by atoms with Crippen LogP contribution in [0.25, 0.3) is 0 Å². The predicted molar refractivity (Wildman–Crippen MR) is 78.6 cm³/mol. The summed E-state index contributed by atoms with van der Waals surface area (Å²) >= 11 is 0. The summed E-state index contributed by atoms with van der Waals surface area (Å²) in [6, 6.07) is 9.93. The van der Waals surface area contributed by atoms with Crippen molar-refractivity contribution in [3.05, 3.63) is 52.6 Å². The molecule has 0 radical (unpaired) electrons. The van der Waals surface area contributed by atoms with E-state index in [4.69, 9.17) is 10.9 Å². The number of nitrogen functional groups attached to an aromatic ring is 1. The van der Waals surface area contributed by atoms with Gasteiger partial charge in [-0.3, -0.25) is 10.1 Å². The monoisotopic (exact) mass is 308 g/mol. The van der Waals surface area contributed by atoms with Gasteiger partial charge in [-0.25, -0.2) is 13.6 Å². The molecule has 2 aromatic rings. The van der Waals surface area contributed by atoms with Crippen molar-refractivity contribution in [3.63, 3.8) is 0 Å². The Morgan fingerprint density at radius 1 is 1.10 bits per heavy atom. The van der Waals surface area contributed by atoms with E-state index in [1.165, 1.54) is 12.1 Å². The van der Waals surface area contributed by atoms with Crippen molar-refractivity contribution in [2.45, 2.75) is 4.90 Å². The second-order valence-electron chi connectivity index (χ2n) is 4.23. The van der Waals surface area contributed by atoms with E-state index in [0.717, 1.165) is 6.07 Å². The van der Waals surface area contributed by atoms with Gasteiger partial charge in [-0.2, -0.15) is 0 Å². The van der Waals surface area contributed by atoms with Gasteiger partial charge in [-0.05, 0) is 30.3 Å². The molecule has 110 valence electrons. The highest BCUT2D eigenvalue weighted by Crippen LogP contribution is 2.28.